The second-order valence-electron chi connectivity index (χ2n) is 10.8. The van der Waals surface area contributed by atoms with E-state index in [4.69, 9.17) is 4.98 Å². The van der Waals surface area contributed by atoms with Gasteiger partial charge in [0.15, 0.2) is 0 Å². The summed E-state index contributed by atoms with van der Waals surface area (Å²) in [6.45, 7) is 1.86. The van der Waals surface area contributed by atoms with Crippen LogP contribution in [0.2, 0.25) is 0 Å². The fourth-order valence-corrected chi connectivity index (χ4v) is 6.41. The van der Waals surface area contributed by atoms with E-state index >= 15 is 0 Å². The topological polar surface area (TPSA) is 58.9 Å². The lowest BCUT2D eigenvalue weighted by atomic mass is 9.91. The summed E-state index contributed by atoms with van der Waals surface area (Å²) in [5, 5.41) is 8.18. The first-order valence-electron chi connectivity index (χ1n) is 13.2. The van der Waals surface area contributed by atoms with Crippen LogP contribution in [0.5, 0.6) is 0 Å². The predicted molar refractivity (Wildman–Crippen MR) is 132 cm³/mol. The van der Waals surface area contributed by atoms with Crippen LogP contribution in [0.4, 0.5) is 38.0 Å². The van der Waals surface area contributed by atoms with Gasteiger partial charge in [-0.05, 0) is 61.3 Å². The van der Waals surface area contributed by atoms with Gasteiger partial charge >= 0.3 is 12.4 Å². The van der Waals surface area contributed by atoms with Gasteiger partial charge < -0.3 is 10.2 Å². The first-order chi connectivity index (χ1) is 18.6. The smallest absolute Gasteiger partial charge is 0.371 e. The van der Waals surface area contributed by atoms with Gasteiger partial charge in [0.2, 0.25) is 5.95 Å². The van der Waals surface area contributed by atoms with Crippen LogP contribution < -0.4 is 10.2 Å². The Bertz CT molecular complexity index is 1320. The van der Waals surface area contributed by atoms with Crippen LogP contribution in [0.15, 0.2) is 42.6 Å². The van der Waals surface area contributed by atoms with Crippen LogP contribution in [0.25, 0.3) is 0 Å². The van der Waals surface area contributed by atoms with Gasteiger partial charge in [-0.15, -0.1) is 5.10 Å². The van der Waals surface area contributed by atoms with Crippen molar-refractivity contribution in [1.29, 1.82) is 0 Å². The molecule has 1 aliphatic carbocycles. The number of alkyl halides is 6. The maximum atomic E-state index is 13.4. The molecule has 0 spiro atoms. The quantitative estimate of drug-likeness (QED) is 0.384. The van der Waals surface area contributed by atoms with Crippen LogP contribution in [0, 0.1) is 11.8 Å². The van der Waals surface area contributed by atoms with Crippen molar-refractivity contribution in [3.8, 4) is 0 Å². The molecule has 3 unspecified atom stereocenters. The Balaban J connectivity index is 1.21. The normalized spacial score (nSPS) is 25.3. The molecule has 39 heavy (non-hydrogen) atoms. The molecule has 1 saturated heterocycles. The van der Waals surface area contributed by atoms with E-state index in [-0.39, 0.29) is 23.8 Å². The minimum Gasteiger partial charge on any atom is -0.371 e. The van der Waals surface area contributed by atoms with Crippen molar-refractivity contribution >= 4 is 11.6 Å². The van der Waals surface area contributed by atoms with Crippen LogP contribution in [-0.2, 0) is 18.9 Å². The third-order valence-electron chi connectivity index (χ3n) is 8.27. The molecule has 0 amide bonds. The van der Waals surface area contributed by atoms with Crippen molar-refractivity contribution in [3.63, 3.8) is 0 Å². The minimum absolute atomic E-state index is 0.0730. The highest BCUT2D eigenvalue weighted by molar-refractivity contribution is 5.49. The summed E-state index contributed by atoms with van der Waals surface area (Å²) in [5.74, 6) is 1.24. The number of piperidine rings is 1. The molecule has 4 atom stereocenters. The number of aromatic nitrogens is 4. The van der Waals surface area contributed by atoms with Crippen LogP contribution in [-0.4, -0.2) is 38.9 Å². The Hall–Kier alpha value is -3.31. The molecule has 0 radical (unpaired) electrons. The second kappa shape index (κ2) is 9.71. The zero-order valence-corrected chi connectivity index (χ0v) is 21.0. The molecular weight excluding hydrogens is 522 g/mol. The molecule has 2 bridgehead atoms. The molecule has 208 valence electrons. The number of hydrogen-bond acceptors (Lipinski definition) is 5. The standard InChI is InChI=1S/C27H28F6N6/c28-26(29,30)19-5-3-4-16(12-19)21-6-1-2-11-39-24(21)36-25(37-39)35-23-17-7-8-18(23)15-38(14-17)20-9-10-34-22(13-20)27(31,32)33/h3-5,9-10,12-13,17-18,21,23H,1-2,6-8,11,14-15H2,(H,35,37)/t17-,18?,21?,23?/m0/s1. The zero-order chi connectivity index (χ0) is 27.4. The van der Waals surface area contributed by atoms with E-state index in [2.05, 4.69) is 15.4 Å². The second-order valence-corrected chi connectivity index (χ2v) is 10.8. The SMILES string of the molecule is FC(F)(F)c1cccc(C2CCCCn3nc(NC4C5CC[C@H]4CN(c4ccnc(C(F)(F)F)c4)C5)nc32)c1. The fraction of sp³-hybridized carbons (Fsp3) is 0.519. The minimum atomic E-state index is -4.49. The molecule has 4 heterocycles. The van der Waals surface area contributed by atoms with E-state index in [9.17, 15) is 26.3 Å². The van der Waals surface area contributed by atoms with Crippen molar-refractivity contribution in [2.75, 3.05) is 23.3 Å². The van der Waals surface area contributed by atoms with Crippen molar-refractivity contribution < 1.29 is 26.3 Å². The van der Waals surface area contributed by atoms with Gasteiger partial charge in [-0.1, -0.05) is 24.6 Å². The summed E-state index contributed by atoms with van der Waals surface area (Å²) in [6, 6.07) is 8.24. The molecule has 3 aromatic rings. The lowest BCUT2D eigenvalue weighted by molar-refractivity contribution is -0.141. The number of fused-ring (bicyclic) bond motifs is 3. The first kappa shape index (κ1) is 25.9. The highest BCUT2D eigenvalue weighted by Crippen LogP contribution is 2.41. The number of hydrogen-bond donors (Lipinski definition) is 1. The number of aryl methyl sites for hydroxylation is 1. The molecule has 12 heteroatoms. The fourth-order valence-electron chi connectivity index (χ4n) is 6.41. The monoisotopic (exact) mass is 550 g/mol. The van der Waals surface area contributed by atoms with Crippen LogP contribution >= 0.6 is 0 Å². The summed E-state index contributed by atoms with van der Waals surface area (Å²) in [5.41, 5.74) is -0.473. The molecule has 2 aliphatic heterocycles. The third kappa shape index (κ3) is 5.17. The number of nitrogens with one attached hydrogen (secondary N) is 1. The molecule has 3 aliphatic rings. The molecule has 1 N–H and O–H groups in total. The summed E-state index contributed by atoms with van der Waals surface area (Å²) in [4.78, 5) is 10.3. The summed E-state index contributed by atoms with van der Waals surface area (Å²) < 4.78 is 81.4. The van der Waals surface area contributed by atoms with E-state index in [0.29, 0.717) is 49.1 Å². The summed E-state index contributed by atoms with van der Waals surface area (Å²) in [7, 11) is 0. The molecule has 6 nitrogen and oxygen atoms in total. The first-order valence-corrected chi connectivity index (χ1v) is 13.2. The number of nitrogens with zero attached hydrogens (tertiary/aromatic N) is 5. The maximum Gasteiger partial charge on any atom is 0.433 e. The van der Waals surface area contributed by atoms with Gasteiger partial charge in [0.1, 0.15) is 11.5 Å². The van der Waals surface area contributed by atoms with Gasteiger partial charge in [-0.2, -0.15) is 31.3 Å². The third-order valence-corrected chi connectivity index (χ3v) is 8.27. The average Bonchev–Trinajstić information content (AvgIpc) is 3.29. The van der Waals surface area contributed by atoms with Gasteiger partial charge in [0.25, 0.3) is 0 Å². The number of benzene rings is 1. The lowest BCUT2D eigenvalue weighted by Gasteiger charge is -2.39. The van der Waals surface area contributed by atoms with Crippen molar-refractivity contribution in [2.24, 2.45) is 11.8 Å². The molecule has 1 aromatic carbocycles. The van der Waals surface area contributed by atoms with E-state index in [1.54, 1.807) is 12.1 Å². The van der Waals surface area contributed by atoms with Crippen molar-refractivity contribution in [3.05, 3.63) is 65.2 Å². The Labute approximate surface area is 221 Å². The maximum absolute atomic E-state index is 13.4. The van der Waals surface area contributed by atoms with Crippen molar-refractivity contribution in [2.45, 2.75) is 63.0 Å². The predicted octanol–water partition coefficient (Wildman–Crippen LogP) is 6.35. The average molecular weight is 551 g/mol. The summed E-state index contributed by atoms with van der Waals surface area (Å²) in [6.07, 6.45) is -3.41. The highest BCUT2D eigenvalue weighted by Gasteiger charge is 2.43. The Morgan fingerprint density at radius 2 is 1.64 bits per heavy atom. The van der Waals surface area contributed by atoms with Gasteiger partial charge in [-0.3, -0.25) is 4.98 Å². The molecule has 6 rings (SSSR count). The molecule has 1 saturated carbocycles. The molecular formula is C27H28F6N6. The largest absolute Gasteiger partial charge is 0.433 e. The summed E-state index contributed by atoms with van der Waals surface area (Å²) >= 11 is 0. The van der Waals surface area contributed by atoms with Gasteiger partial charge in [0, 0.05) is 43.5 Å². The van der Waals surface area contributed by atoms with Gasteiger partial charge in [-0.25, -0.2) is 4.68 Å². The highest BCUT2D eigenvalue weighted by atomic mass is 19.4. The van der Waals surface area contributed by atoms with E-state index in [0.717, 1.165) is 37.8 Å². The van der Waals surface area contributed by atoms with Gasteiger partial charge in [0.05, 0.1) is 5.56 Å². The molecule has 2 aromatic heterocycles. The lowest BCUT2D eigenvalue weighted by Crippen LogP contribution is -2.48. The van der Waals surface area contributed by atoms with E-state index in [1.165, 1.54) is 18.3 Å². The Morgan fingerprint density at radius 3 is 2.36 bits per heavy atom. The number of halogens is 6. The van der Waals surface area contributed by atoms with E-state index < -0.39 is 23.6 Å². The zero-order valence-electron chi connectivity index (χ0n) is 21.0. The molecule has 2 fully saturated rings. The number of pyridine rings is 1. The van der Waals surface area contributed by atoms with E-state index in [1.807, 2.05) is 9.58 Å². The Morgan fingerprint density at radius 1 is 0.872 bits per heavy atom. The Kier molecular flexibility index (Phi) is 6.46. The van der Waals surface area contributed by atoms with Crippen LogP contribution in [0.1, 0.15) is 60.7 Å². The number of rotatable bonds is 4. The number of anilines is 2. The van der Waals surface area contributed by atoms with Crippen LogP contribution in [0.3, 0.4) is 0 Å². The van der Waals surface area contributed by atoms with Crippen molar-refractivity contribution in [1.82, 2.24) is 19.7 Å².